The van der Waals surface area contributed by atoms with E-state index >= 15 is 0 Å². The fourth-order valence-corrected chi connectivity index (χ4v) is 2.21. The first kappa shape index (κ1) is 13.1. The maximum atomic E-state index is 5.76. The van der Waals surface area contributed by atoms with E-state index in [1.54, 1.807) is 0 Å². The van der Waals surface area contributed by atoms with Crippen molar-refractivity contribution in [2.75, 3.05) is 37.5 Å². The van der Waals surface area contributed by atoms with E-state index in [1.807, 2.05) is 20.0 Å². The van der Waals surface area contributed by atoms with Crippen LogP contribution in [0.3, 0.4) is 0 Å². The van der Waals surface area contributed by atoms with Gasteiger partial charge < -0.3 is 15.0 Å². The molecule has 1 unspecified atom stereocenters. The van der Waals surface area contributed by atoms with Gasteiger partial charge in [-0.05, 0) is 26.2 Å². The zero-order valence-corrected chi connectivity index (χ0v) is 11.4. The molecular formula is C13H22N4O. The van der Waals surface area contributed by atoms with Crippen molar-refractivity contribution in [1.29, 1.82) is 0 Å². The highest BCUT2D eigenvalue weighted by Crippen LogP contribution is 2.18. The monoisotopic (exact) mass is 250 g/mol. The molecule has 1 aromatic heterocycles. The van der Waals surface area contributed by atoms with Crippen LogP contribution >= 0.6 is 0 Å². The number of nitrogens with zero attached hydrogens (tertiary/aromatic N) is 3. The molecule has 0 bridgehead atoms. The van der Waals surface area contributed by atoms with Gasteiger partial charge in [0.1, 0.15) is 5.82 Å². The maximum absolute atomic E-state index is 5.76. The van der Waals surface area contributed by atoms with E-state index in [0.717, 1.165) is 31.1 Å². The second-order valence-electron chi connectivity index (χ2n) is 4.81. The van der Waals surface area contributed by atoms with E-state index in [0.29, 0.717) is 12.1 Å². The largest absolute Gasteiger partial charge is 0.376 e. The summed E-state index contributed by atoms with van der Waals surface area (Å²) in [5.74, 6) is 1.61. The van der Waals surface area contributed by atoms with Crippen LogP contribution in [-0.4, -0.2) is 43.3 Å². The molecule has 1 aromatic rings. The molecule has 5 nitrogen and oxygen atoms in total. The van der Waals surface area contributed by atoms with Gasteiger partial charge in [-0.25, -0.2) is 4.98 Å². The second-order valence-corrected chi connectivity index (χ2v) is 4.81. The van der Waals surface area contributed by atoms with E-state index in [4.69, 9.17) is 4.74 Å². The third-order valence-electron chi connectivity index (χ3n) is 3.21. The van der Waals surface area contributed by atoms with Crippen molar-refractivity contribution >= 4 is 11.8 Å². The SMILES string of the molecule is CNc1nc(C)cc(N(C)CC2CCCCO2)n1. The normalized spacial score (nSPS) is 19.6. The lowest BCUT2D eigenvalue weighted by molar-refractivity contribution is 0.0215. The first-order chi connectivity index (χ1) is 8.69. The van der Waals surface area contributed by atoms with Crippen molar-refractivity contribution in [2.24, 2.45) is 0 Å². The first-order valence-electron chi connectivity index (χ1n) is 6.55. The molecule has 0 aromatic carbocycles. The first-order valence-corrected chi connectivity index (χ1v) is 6.55. The fraction of sp³-hybridized carbons (Fsp3) is 0.692. The van der Waals surface area contributed by atoms with Gasteiger partial charge in [-0.1, -0.05) is 0 Å². The minimum atomic E-state index is 0.331. The number of nitrogens with one attached hydrogen (secondary N) is 1. The van der Waals surface area contributed by atoms with Crippen LogP contribution in [0.15, 0.2) is 6.07 Å². The molecule has 1 aliphatic heterocycles. The van der Waals surface area contributed by atoms with Gasteiger partial charge in [-0.3, -0.25) is 0 Å². The van der Waals surface area contributed by atoms with E-state index in [9.17, 15) is 0 Å². The lowest BCUT2D eigenvalue weighted by Crippen LogP contribution is -2.33. The topological polar surface area (TPSA) is 50.3 Å². The molecule has 0 amide bonds. The molecule has 1 saturated heterocycles. The predicted molar refractivity (Wildman–Crippen MR) is 73.2 cm³/mol. The lowest BCUT2D eigenvalue weighted by Gasteiger charge is -2.28. The number of hydrogen-bond acceptors (Lipinski definition) is 5. The Bertz CT molecular complexity index is 391. The number of rotatable bonds is 4. The summed E-state index contributed by atoms with van der Waals surface area (Å²) >= 11 is 0. The van der Waals surface area contributed by atoms with Gasteiger partial charge in [-0.2, -0.15) is 4.98 Å². The molecule has 0 spiro atoms. The van der Waals surface area contributed by atoms with Crippen molar-refractivity contribution in [2.45, 2.75) is 32.3 Å². The summed E-state index contributed by atoms with van der Waals surface area (Å²) in [6, 6.07) is 2.00. The summed E-state index contributed by atoms with van der Waals surface area (Å²) in [5, 5.41) is 2.99. The molecule has 2 heterocycles. The lowest BCUT2D eigenvalue weighted by atomic mass is 10.1. The Labute approximate surface area is 109 Å². The van der Waals surface area contributed by atoms with E-state index in [1.165, 1.54) is 12.8 Å². The molecule has 1 aliphatic rings. The maximum Gasteiger partial charge on any atom is 0.224 e. The summed E-state index contributed by atoms with van der Waals surface area (Å²) in [6.45, 7) is 3.76. The molecule has 0 saturated carbocycles. The zero-order chi connectivity index (χ0) is 13.0. The summed E-state index contributed by atoms with van der Waals surface area (Å²) in [6.07, 6.45) is 3.93. The Morgan fingerprint density at radius 1 is 1.44 bits per heavy atom. The van der Waals surface area contributed by atoms with Crippen LogP contribution < -0.4 is 10.2 Å². The second kappa shape index (κ2) is 6.00. The number of aryl methyl sites for hydroxylation is 1. The smallest absolute Gasteiger partial charge is 0.224 e. The number of ether oxygens (including phenoxy) is 1. The Hall–Kier alpha value is -1.36. The average molecular weight is 250 g/mol. The fourth-order valence-electron chi connectivity index (χ4n) is 2.21. The van der Waals surface area contributed by atoms with Crippen LogP contribution in [0.1, 0.15) is 25.0 Å². The van der Waals surface area contributed by atoms with E-state index in [-0.39, 0.29) is 0 Å². The van der Waals surface area contributed by atoms with Crippen molar-refractivity contribution < 1.29 is 4.74 Å². The van der Waals surface area contributed by atoms with Gasteiger partial charge in [0.05, 0.1) is 6.10 Å². The van der Waals surface area contributed by atoms with Gasteiger partial charge in [0, 0.05) is 39.0 Å². The Morgan fingerprint density at radius 2 is 2.28 bits per heavy atom. The summed E-state index contributed by atoms with van der Waals surface area (Å²) in [7, 11) is 3.89. The van der Waals surface area contributed by atoms with Crippen molar-refractivity contribution in [1.82, 2.24) is 9.97 Å². The van der Waals surface area contributed by atoms with Crippen molar-refractivity contribution in [3.05, 3.63) is 11.8 Å². The highest BCUT2D eigenvalue weighted by Gasteiger charge is 2.17. The summed E-state index contributed by atoms with van der Waals surface area (Å²) in [4.78, 5) is 10.9. The van der Waals surface area contributed by atoms with Crippen LogP contribution in [0, 0.1) is 6.92 Å². The van der Waals surface area contributed by atoms with Crippen LogP contribution in [0.4, 0.5) is 11.8 Å². The minimum absolute atomic E-state index is 0.331. The van der Waals surface area contributed by atoms with Crippen molar-refractivity contribution in [3.8, 4) is 0 Å². The number of anilines is 2. The molecule has 2 rings (SSSR count). The Morgan fingerprint density at radius 3 is 2.94 bits per heavy atom. The van der Waals surface area contributed by atoms with Crippen LogP contribution in [0.25, 0.3) is 0 Å². The summed E-state index contributed by atoms with van der Waals surface area (Å²) < 4.78 is 5.76. The number of hydrogen-bond donors (Lipinski definition) is 1. The van der Waals surface area contributed by atoms with Gasteiger partial charge >= 0.3 is 0 Å². The highest BCUT2D eigenvalue weighted by atomic mass is 16.5. The minimum Gasteiger partial charge on any atom is -0.376 e. The van der Waals surface area contributed by atoms with E-state index < -0.39 is 0 Å². The summed E-state index contributed by atoms with van der Waals surface area (Å²) in [5.41, 5.74) is 0.973. The van der Waals surface area contributed by atoms with Gasteiger partial charge in [0.2, 0.25) is 5.95 Å². The molecule has 1 fully saturated rings. The Balaban J connectivity index is 2.02. The quantitative estimate of drug-likeness (QED) is 0.883. The van der Waals surface area contributed by atoms with Gasteiger partial charge in [0.15, 0.2) is 0 Å². The third kappa shape index (κ3) is 3.32. The van der Waals surface area contributed by atoms with Gasteiger partial charge in [-0.15, -0.1) is 0 Å². The molecule has 18 heavy (non-hydrogen) atoms. The molecule has 0 radical (unpaired) electrons. The standard InChI is InChI=1S/C13H22N4O/c1-10-8-12(16-13(14-2)15-10)17(3)9-11-6-4-5-7-18-11/h8,11H,4-7,9H2,1-3H3,(H,14,15,16). The van der Waals surface area contributed by atoms with Crippen LogP contribution in [-0.2, 0) is 4.74 Å². The predicted octanol–water partition coefficient (Wildman–Crippen LogP) is 1.83. The molecule has 0 aliphatic carbocycles. The molecule has 1 N–H and O–H groups in total. The third-order valence-corrected chi connectivity index (χ3v) is 3.21. The molecule has 100 valence electrons. The molecular weight excluding hydrogens is 228 g/mol. The molecule has 5 heteroatoms. The highest BCUT2D eigenvalue weighted by molar-refractivity contribution is 5.43. The van der Waals surface area contributed by atoms with Crippen LogP contribution in [0.2, 0.25) is 0 Å². The van der Waals surface area contributed by atoms with Gasteiger partial charge in [0.25, 0.3) is 0 Å². The van der Waals surface area contributed by atoms with Crippen molar-refractivity contribution in [3.63, 3.8) is 0 Å². The number of aromatic nitrogens is 2. The molecule has 1 atom stereocenters. The Kier molecular flexibility index (Phi) is 4.36. The van der Waals surface area contributed by atoms with E-state index in [2.05, 4.69) is 27.2 Å². The van der Waals surface area contributed by atoms with Crippen LogP contribution in [0.5, 0.6) is 0 Å². The number of likely N-dealkylation sites (N-methyl/N-ethyl adjacent to an activating group) is 1. The average Bonchev–Trinajstić information content (AvgIpc) is 2.39. The zero-order valence-electron chi connectivity index (χ0n) is 11.4.